The lowest BCUT2D eigenvalue weighted by molar-refractivity contribution is 0.490. The van der Waals surface area contributed by atoms with Crippen LogP contribution >= 0.6 is 0 Å². The molecule has 2 aromatic rings. The molecule has 0 radical (unpaired) electrons. The van der Waals surface area contributed by atoms with Gasteiger partial charge in [-0.05, 0) is 32.9 Å². The molecule has 0 fully saturated rings. The zero-order valence-electron chi connectivity index (χ0n) is 10.8. The molecule has 0 atom stereocenters. The fourth-order valence-corrected chi connectivity index (χ4v) is 1.70. The molecule has 0 aliphatic carbocycles. The highest BCUT2D eigenvalue weighted by Gasteiger charge is 2.07. The fraction of sp³-hybridized carbons (Fsp3) is 0.385. The summed E-state index contributed by atoms with van der Waals surface area (Å²) in [6.45, 7) is 6.26. The number of anilines is 1. The summed E-state index contributed by atoms with van der Waals surface area (Å²) in [6, 6.07) is 3.89. The average molecular weight is 247 g/mol. The monoisotopic (exact) mass is 247 g/mol. The van der Waals surface area contributed by atoms with Crippen molar-refractivity contribution in [2.75, 3.05) is 5.32 Å². The second-order valence-corrected chi connectivity index (χ2v) is 4.45. The van der Waals surface area contributed by atoms with E-state index in [2.05, 4.69) is 10.3 Å². The molecular weight excluding hydrogens is 230 g/mol. The zero-order chi connectivity index (χ0) is 13.1. The van der Waals surface area contributed by atoms with Crippen molar-refractivity contribution >= 4 is 5.82 Å². The van der Waals surface area contributed by atoms with Gasteiger partial charge >= 0.3 is 0 Å². The number of hydrogen-bond donors (Lipinski definition) is 1. The van der Waals surface area contributed by atoms with Gasteiger partial charge in [-0.3, -0.25) is 4.79 Å². The number of nitrogens with one attached hydrogen (secondary N) is 1. The molecule has 0 aliphatic heterocycles. The first-order chi connectivity index (χ1) is 8.58. The number of rotatable bonds is 4. The van der Waals surface area contributed by atoms with Crippen molar-refractivity contribution in [2.45, 2.75) is 33.4 Å². The number of furan rings is 1. The molecule has 5 nitrogen and oxygen atoms in total. The molecule has 0 aromatic carbocycles. The quantitative estimate of drug-likeness (QED) is 0.900. The highest BCUT2D eigenvalue weighted by atomic mass is 16.3. The first kappa shape index (κ1) is 12.4. The minimum absolute atomic E-state index is 0.115. The van der Waals surface area contributed by atoms with Gasteiger partial charge in [-0.2, -0.15) is 0 Å². The van der Waals surface area contributed by atoms with Gasteiger partial charge in [-0.25, -0.2) is 4.98 Å². The Kier molecular flexibility index (Phi) is 3.50. The predicted molar refractivity (Wildman–Crippen MR) is 69.7 cm³/mol. The van der Waals surface area contributed by atoms with E-state index in [1.54, 1.807) is 17.0 Å². The first-order valence-corrected chi connectivity index (χ1v) is 5.94. The van der Waals surface area contributed by atoms with Crippen LogP contribution in [0.15, 0.2) is 33.7 Å². The van der Waals surface area contributed by atoms with Gasteiger partial charge in [0, 0.05) is 18.4 Å². The van der Waals surface area contributed by atoms with Crippen LogP contribution in [0.2, 0.25) is 0 Å². The first-order valence-electron chi connectivity index (χ1n) is 5.94. The fourth-order valence-electron chi connectivity index (χ4n) is 1.70. The second-order valence-electron chi connectivity index (χ2n) is 4.45. The van der Waals surface area contributed by atoms with Crippen molar-refractivity contribution in [3.63, 3.8) is 0 Å². The summed E-state index contributed by atoms with van der Waals surface area (Å²) in [4.78, 5) is 16.1. The van der Waals surface area contributed by atoms with Crippen LogP contribution in [0.1, 0.15) is 31.4 Å². The van der Waals surface area contributed by atoms with Gasteiger partial charge in [0.15, 0.2) is 5.82 Å². The van der Waals surface area contributed by atoms with E-state index in [0.29, 0.717) is 12.4 Å². The van der Waals surface area contributed by atoms with Crippen LogP contribution in [-0.2, 0) is 6.54 Å². The standard InChI is InChI=1S/C13H17N3O2/c1-9(2)16-7-6-14-12(13(16)17)15-8-11-5-4-10(3)18-11/h4-7,9H,8H2,1-3H3,(H,14,15). The van der Waals surface area contributed by atoms with Gasteiger partial charge in [0.1, 0.15) is 11.5 Å². The SMILES string of the molecule is Cc1ccc(CNc2nccn(C(C)C)c2=O)o1. The van der Waals surface area contributed by atoms with Crippen molar-refractivity contribution < 1.29 is 4.42 Å². The summed E-state index contributed by atoms with van der Waals surface area (Å²) in [6.07, 6.45) is 3.31. The van der Waals surface area contributed by atoms with Crippen molar-refractivity contribution in [3.8, 4) is 0 Å². The van der Waals surface area contributed by atoms with Crippen molar-refractivity contribution in [3.05, 3.63) is 46.4 Å². The Labute approximate surface area is 105 Å². The summed E-state index contributed by atoms with van der Waals surface area (Å²) in [5, 5.41) is 3.00. The average Bonchev–Trinajstić information content (AvgIpc) is 2.73. The maximum Gasteiger partial charge on any atom is 0.293 e. The van der Waals surface area contributed by atoms with Gasteiger partial charge < -0.3 is 14.3 Å². The van der Waals surface area contributed by atoms with Gasteiger partial charge in [0.05, 0.1) is 6.54 Å². The second kappa shape index (κ2) is 5.08. The molecule has 0 amide bonds. The Morgan fingerprint density at radius 3 is 2.83 bits per heavy atom. The summed E-state index contributed by atoms with van der Waals surface area (Å²) in [7, 11) is 0. The predicted octanol–water partition coefficient (Wildman–Crippen LogP) is 2.34. The topological polar surface area (TPSA) is 60.1 Å². The third-order valence-corrected chi connectivity index (χ3v) is 2.65. The Hall–Kier alpha value is -2.04. The molecule has 0 unspecified atom stereocenters. The molecule has 0 saturated carbocycles. The normalized spacial score (nSPS) is 10.9. The minimum atomic E-state index is -0.115. The van der Waals surface area contributed by atoms with Crippen LogP contribution in [0.4, 0.5) is 5.82 Å². The summed E-state index contributed by atoms with van der Waals surface area (Å²) >= 11 is 0. The van der Waals surface area contributed by atoms with Gasteiger partial charge in [-0.15, -0.1) is 0 Å². The number of nitrogens with zero attached hydrogens (tertiary/aromatic N) is 2. The van der Waals surface area contributed by atoms with E-state index in [0.717, 1.165) is 11.5 Å². The van der Waals surface area contributed by atoms with Crippen LogP contribution in [0.25, 0.3) is 0 Å². The smallest absolute Gasteiger partial charge is 0.293 e. The minimum Gasteiger partial charge on any atom is -0.465 e. The lowest BCUT2D eigenvalue weighted by atomic mass is 10.4. The van der Waals surface area contributed by atoms with E-state index in [-0.39, 0.29) is 11.6 Å². The van der Waals surface area contributed by atoms with Crippen molar-refractivity contribution in [2.24, 2.45) is 0 Å². The number of aromatic nitrogens is 2. The Morgan fingerprint density at radius 2 is 2.22 bits per heavy atom. The van der Waals surface area contributed by atoms with Crippen LogP contribution in [0.5, 0.6) is 0 Å². The van der Waals surface area contributed by atoms with Gasteiger partial charge in [0.2, 0.25) is 0 Å². The van der Waals surface area contributed by atoms with E-state index in [9.17, 15) is 4.79 Å². The van der Waals surface area contributed by atoms with Gasteiger partial charge in [-0.1, -0.05) is 0 Å². The van der Waals surface area contributed by atoms with Crippen LogP contribution in [0, 0.1) is 6.92 Å². The van der Waals surface area contributed by atoms with E-state index in [1.807, 2.05) is 32.9 Å². The Morgan fingerprint density at radius 1 is 1.44 bits per heavy atom. The molecule has 0 spiro atoms. The molecule has 96 valence electrons. The van der Waals surface area contributed by atoms with Crippen LogP contribution in [0.3, 0.4) is 0 Å². The number of aryl methyl sites for hydroxylation is 1. The largest absolute Gasteiger partial charge is 0.465 e. The van der Waals surface area contributed by atoms with E-state index < -0.39 is 0 Å². The molecule has 0 aliphatic rings. The van der Waals surface area contributed by atoms with Gasteiger partial charge in [0.25, 0.3) is 5.56 Å². The third-order valence-electron chi connectivity index (χ3n) is 2.65. The zero-order valence-corrected chi connectivity index (χ0v) is 10.8. The maximum atomic E-state index is 12.0. The molecule has 5 heteroatoms. The van der Waals surface area contributed by atoms with Crippen LogP contribution in [-0.4, -0.2) is 9.55 Å². The lowest BCUT2D eigenvalue weighted by Crippen LogP contribution is -2.25. The highest BCUT2D eigenvalue weighted by Crippen LogP contribution is 2.08. The molecule has 2 heterocycles. The maximum absolute atomic E-state index is 12.0. The molecule has 18 heavy (non-hydrogen) atoms. The Bertz CT molecular complexity index is 584. The summed E-state index contributed by atoms with van der Waals surface area (Å²) in [5.41, 5.74) is -0.115. The van der Waals surface area contributed by atoms with Crippen LogP contribution < -0.4 is 10.9 Å². The highest BCUT2D eigenvalue weighted by molar-refractivity contribution is 5.31. The summed E-state index contributed by atoms with van der Waals surface area (Å²) < 4.78 is 7.07. The molecule has 0 saturated heterocycles. The number of hydrogen-bond acceptors (Lipinski definition) is 4. The van der Waals surface area contributed by atoms with E-state index in [4.69, 9.17) is 4.42 Å². The van der Waals surface area contributed by atoms with E-state index in [1.165, 1.54) is 0 Å². The molecule has 2 rings (SSSR count). The molecule has 0 bridgehead atoms. The lowest BCUT2D eigenvalue weighted by Gasteiger charge is -2.11. The van der Waals surface area contributed by atoms with E-state index >= 15 is 0 Å². The van der Waals surface area contributed by atoms with Crippen molar-refractivity contribution in [1.82, 2.24) is 9.55 Å². The molecule has 1 N–H and O–H groups in total. The Balaban J connectivity index is 2.15. The molecular formula is C13H17N3O2. The molecule has 2 aromatic heterocycles. The van der Waals surface area contributed by atoms with Crippen molar-refractivity contribution in [1.29, 1.82) is 0 Å². The summed E-state index contributed by atoms with van der Waals surface area (Å²) in [5.74, 6) is 1.99. The third kappa shape index (κ3) is 2.61.